The molecule has 5 heteroatoms. The molecule has 0 aliphatic carbocycles. The van der Waals surface area contributed by atoms with Gasteiger partial charge in [-0.25, -0.2) is 0 Å². The van der Waals surface area contributed by atoms with Crippen LogP contribution in [0.5, 0.6) is 0 Å². The van der Waals surface area contributed by atoms with E-state index in [0.717, 1.165) is 12.8 Å². The molecule has 1 aliphatic heterocycles. The van der Waals surface area contributed by atoms with Gasteiger partial charge >= 0.3 is 0 Å². The highest BCUT2D eigenvalue weighted by Gasteiger charge is 2.23. The van der Waals surface area contributed by atoms with E-state index in [2.05, 4.69) is 10.3 Å². The van der Waals surface area contributed by atoms with Gasteiger partial charge in [-0.2, -0.15) is 0 Å². The Kier molecular flexibility index (Phi) is 2.58. The summed E-state index contributed by atoms with van der Waals surface area (Å²) >= 11 is 0. The zero-order valence-electron chi connectivity index (χ0n) is 8.14. The van der Waals surface area contributed by atoms with Crippen molar-refractivity contribution in [2.24, 2.45) is 7.05 Å². The third kappa shape index (κ3) is 1.98. The van der Waals surface area contributed by atoms with Crippen molar-refractivity contribution in [3.05, 3.63) is 11.9 Å². The molecule has 0 N–H and O–H groups in total. The molecule has 0 bridgehead atoms. The van der Waals surface area contributed by atoms with Gasteiger partial charge in [-0.3, -0.25) is 9.48 Å². The third-order valence-electron chi connectivity index (χ3n) is 2.29. The molecule has 2 rings (SSSR count). The molecule has 1 aromatic rings. The van der Waals surface area contributed by atoms with Gasteiger partial charge in [0.2, 0.25) is 0 Å². The molecule has 1 saturated heterocycles. The topological polar surface area (TPSA) is 57.0 Å². The number of rotatable bonds is 3. The summed E-state index contributed by atoms with van der Waals surface area (Å²) in [4.78, 5) is 11.6. The van der Waals surface area contributed by atoms with E-state index in [1.165, 1.54) is 0 Å². The van der Waals surface area contributed by atoms with Gasteiger partial charge in [0, 0.05) is 19.9 Å². The van der Waals surface area contributed by atoms with Gasteiger partial charge in [0.15, 0.2) is 5.78 Å². The fourth-order valence-electron chi connectivity index (χ4n) is 1.60. The number of carbonyl (C=O) groups is 1. The second kappa shape index (κ2) is 3.88. The van der Waals surface area contributed by atoms with Gasteiger partial charge in [0.05, 0.1) is 12.1 Å². The number of ketones is 1. The molecule has 2 heterocycles. The Morgan fingerprint density at radius 3 is 3.21 bits per heavy atom. The van der Waals surface area contributed by atoms with E-state index >= 15 is 0 Å². The standard InChI is InChI=1S/C9H13N3O2/c1-12-6-7(10-11-12)5-8(13)9-3-2-4-14-9/h6,9H,2-5H2,1H3. The van der Waals surface area contributed by atoms with Crippen LogP contribution < -0.4 is 0 Å². The van der Waals surface area contributed by atoms with Crippen LogP contribution in [0.2, 0.25) is 0 Å². The first-order valence-corrected chi connectivity index (χ1v) is 4.75. The molecule has 14 heavy (non-hydrogen) atoms. The van der Waals surface area contributed by atoms with Crippen molar-refractivity contribution >= 4 is 5.78 Å². The fraction of sp³-hybridized carbons (Fsp3) is 0.667. The number of aryl methyl sites for hydroxylation is 1. The second-order valence-corrected chi connectivity index (χ2v) is 3.53. The highest BCUT2D eigenvalue weighted by Crippen LogP contribution is 2.14. The average molecular weight is 195 g/mol. The maximum absolute atomic E-state index is 11.6. The van der Waals surface area contributed by atoms with Crippen molar-refractivity contribution in [3.63, 3.8) is 0 Å². The van der Waals surface area contributed by atoms with E-state index < -0.39 is 0 Å². The van der Waals surface area contributed by atoms with Gasteiger partial charge < -0.3 is 4.74 Å². The monoisotopic (exact) mass is 195 g/mol. The van der Waals surface area contributed by atoms with Crippen molar-refractivity contribution < 1.29 is 9.53 Å². The summed E-state index contributed by atoms with van der Waals surface area (Å²) in [7, 11) is 1.78. The Hall–Kier alpha value is -1.23. The lowest BCUT2D eigenvalue weighted by molar-refractivity contribution is -0.127. The first-order chi connectivity index (χ1) is 6.75. The van der Waals surface area contributed by atoms with Crippen molar-refractivity contribution in [1.29, 1.82) is 0 Å². The third-order valence-corrected chi connectivity index (χ3v) is 2.29. The molecule has 0 saturated carbocycles. The summed E-state index contributed by atoms with van der Waals surface area (Å²) in [6.07, 6.45) is 3.71. The molecule has 76 valence electrons. The zero-order chi connectivity index (χ0) is 9.97. The lowest BCUT2D eigenvalue weighted by Gasteiger charge is -2.05. The van der Waals surface area contributed by atoms with E-state index in [4.69, 9.17) is 4.74 Å². The van der Waals surface area contributed by atoms with Crippen LogP contribution in [0.15, 0.2) is 6.20 Å². The SMILES string of the molecule is Cn1cc(CC(=O)C2CCCO2)nn1. The van der Waals surface area contributed by atoms with Crippen LogP contribution in [-0.4, -0.2) is 33.5 Å². The molecular weight excluding hydrogens is 182 g/mol. The summed E-state index contributed by atoms with van der Waals surface area (Å²) in [6, 6.07) is 0. The number of nitrogens with zero attached hydrogens (tertiary/aromatic N) is 3. The minimum absolute atomic E-state index is 0.114. The summed E-state index contributed by atoms with van der Waals surface area (Å²) in [5.41, 5.74) is 0.716. The number of carbonyl (C=O) groups excluding carboxylic acids is 1. The second-order valence-electron chi connectivity index (χ2n) is 3.53. The smallest absolute Gasteiger partial charge is 0.167 e. The predicted molar refractivity (Wildman–Crippen MR) is 48.7 cm³/mol. The maximum Gasteiger partial charge on any atom is 0.167 e. The van der Waals surface area contributed by atoms with Crippen LogP contribution in [0.4, 0.5) is 0 Å². The van der Waals surface area contributed by atoms with Crippen LogP contribution in [0.1, 0.15) is 18.5 Å². The lowest BCUT2D eigenvalue weighted by atomic mass is 10.1. The van der Waals surface area contributed by atoms with Crippen LogP contribution in [0.3, 0.4) is 0 Å². The highest BCUT2D eigenvalue weighted by molar-refractivity contribution is 5.84. The van der Waals surface area contributed by atoms with E-state index in [1.807, 2.05) is 0 Å². The molecule has 5 nitrogen and oxygen atoms in total. The van der Waals surface area contributed by atoms with Crippen LogP contribution >= 0.6 is 0 Å². The van der Waals surface area contributed by atoms with Gasteiger partial charge in [-0.15, -0.1) is 5.10 Å². The molecule has 0 spiro atoms. The van der Waals surface area contributed by atoms with E-state index in [0.29, 0.717) is 18.7 Å². The average Bonchev–Trinajstić information content (AvgIpc) is 2.75. The molecule has 1 aliphatic rings. The largest absolute Gasteiger partial charge is 0.370 e. The lowest BCUT2D eigenvalue weighted by Crippen LogP contribution is -2.21. The number of Topliss-reactive ketones (excluding diaryl/α,β-unsaturated/α-hetero) is 1. The fourth-order valence-corrected chi connectivity index (χ4v) is 1.60. The van der Waals surface area contributed by atoms with Gasteiger partial charge in [0.1, 0.15) is 6.10 Å². The van der Waals surface area contributed by atoms with E-state index in [1.54, 1.807) is 17.9 Å². The summed E-state index contributed by atoms with van der Waals surface area (Å²) < 4.78 is 6.88. The Balaban J connectivity index is 1.93. The summed E-state index contributed by atoms with van der Waals surface area (Å²) in [6.45, 7) is 0.705. The van der Waals surface area contributed by atoms with Crippen molar-refractivity contribution in [3.8, 4) is 0 Å². The Bertz CT molecular complexity index is 329. The number of hydrogen-bond acceptors (Lipinski definition) is 4. The van der Waals surface area contributed by atoms with Crippen LogP contribution in [0.25, 0.3) is 0 Å². The van der Waals surface area contributed by atoms with Gasteiger partial charge in [-0.1, -0.05) is 5.21 Å². The van der Waals surface area contributed by atoms with Crippen molar-refractivity contribution in [2.45, 2.75) is 25.4 Å². The molecular formula is C9H13N3O2. The summed E-state index contributed by atoms with van der Waals surface area (Å²) in [5, 5.41) is 7.63. The minimum atomic E-state index is -0.211. The highest BCUT2D eigenvalue weighted by atomic mass is 16.5. The minimum Gasteiger partial charge on any atom is -0.370 e. The Morgan fingerprint density at radius 2 is 2.64 bits per heavy atom. The molecule has 0 amide bonds. The summed E-state index contributed by atoms with van der Waals surface area (Å²) in [5.74, 6) is 0.114. The van der Waals surface area contributed by atoms with Gasteiger partial charge in [-0.05, 0) is 12.8 Å². The number of ether oxygens (including phenoxy) is 1. The molecule has 1 atom stereocenters. The zero-order valence-corrected chi connectivity index (χ0v) is 8.14. The molecule has 1 fully saturated rings. The number of hydrogen-bond donors (Lipinski definition) is 0. The quantitative estimate of drug-likeness (QED) is 0.686. The van der Waals surface area contributed by atoms with Crippen LogP contribution in [-0.2, 0) is 23.0 Å². The normalized spacial score (nSPS) is 21.4. The van der Waals surface area contributed by atoms with Gasteiger partial charge in [0.25, 0.3) is 0 Å². The Morgan fingerprint density at radius 1 is 1.79 bits per heavy atom. The molecule has 0 aromatic carbocycles. The molecule has 1 unspecified atom stereocenters. The van der Waals surface area contributed by atoms with Crippen LogP contribution in [0, 0.1) is 0 Å². The van der Waals surface area contributed by atoms with E-state index in [-0.39, 0.29) is 11.9 Å². The van der Waals surface area contributed by atoms with Crippen molar-refractivity contribution in [2.75, 3.05) is 6.61 Å². The maximum atomic E-state index is 11.6. The Labute approximate surface area is 82.1 Å². The molecule has 0 radical (unpaired) electrons. The number of aromatic nitrogens is 3. The first-order valence-electron chi connectivity index (χ1n) is 4.75. The van der Waals surface area contributed by atoms with Crippen molar-refractivity contribution in [1.82, 2.24) is 15.0 Å². The molecule has 1 aromatic heterocycles. The first kappa shape index (κ1) is 9.33. The predicted octanol–water partition coefficient (Wildman–Crippen LogP) is 0.106. The van der Waals surface area contributed by atoms with E-state index in [9.17, 15) is 4.79 Å².